The summed E-state index contributed by atoms with van der Waals surface area (Å²) in [6.07, 6.45) is 2.05. The lowest BCUT2D eigenvalue weighted by Crippen LogP contribution is -2.25. The van der Waals surface area contributed by atoms with Crippen LogP contribution in [0.2, 0.25) is 0 Å². The second-order valence-electron chi connectivity index (χ2n) is 5.92. The molecule has 2 aromatic rings. The van der Waals surface area contributed by atoms with Crippen LogP contribution in [0.25, 0.3) is 0 Å². The van der Waals surface area contributed by atoms with E-state index in [4.69, 9.17) is 0 Å². The van der Waals surface area contributed by atoms with Gasteiger partial charge in [0.2, 0.25) is 0 Å². The molecule has 138 valence electrons. The minimum atomic E-state index is -0.448. The van der Waals surface area contributed by atoms with Gasteiger partial charge in [0.15, 0.2) is 0 Å². The van der Waals surface area contributed by atoms with Crippen LogP contribution in [-0.4, -0.2) is 29.2 Å². The molecule has 0 aliphatic heterocycles. The molecule has 0 saturated heterocycles. The van der Waals surface area contributed by atoms with Gasteiger partial charge in [-0.25, -0.2) is 0 Å². The Labute approximate surface area is 168 Å². The molecule has 0 unspecified atom stereocenters. The first-order valence-corrected chi connectivity index (χ1v) is 10.9. The zero-order chi connectivity index (χ0) is 18.5. The Morgan fingerprint density at radius 3 is 2.81 bits per heavy atom. The van der Waals surface area contributed by atoms with Crippen LogP contribution in [0.1, 0.15) is 28.1 Å². The molecule has 6 nitrogen and oxygen atoms in total. The molecule has 1 heterocycles. The Morgan fingerprint density at radius 1 is 1.35 bits per heavy atom. The number of thioether (sulfide) groups is 1. The van der Waals surface area contributed by atoms with Crippen molar-refractivity contribution < 1.29 is 9.72 Å². The molecule has 1 aromatic carbocycles. The Balaban J connectivity index is 1.49. The normalized spacial score (nSPS) is 13.4. The summed E-state index contributed by atoms with van der Waals surface area (Å²) in [5.41, 5.74) is 0.735. The van der Waals surface area contributed by atoms with Crippen molar-refractivity contribution in [1.82, 2.24) is 5.32 Å². The summed E-state index contributed by atoms with van der Waals surface area (Å²) in [5, 5.41) is 17.2. The highest BCUT2D eigenvalue weighted by Gasteiger charge is 2.25. The quantitative estimate of drug-likeness (QED) is 0.326. The fourth-order valence-corrected chi connectivity index (χ4v) is 4.79. The van der Waals surface area contributed by atoms with Gasteiger partial charge in [-0.1, -0.05) is 0 Å². The lowest BCUT2D eigenvalue weighted by molar-refractivity contribution is -0.384. The Kier molecular flexibility index (Phi) is 6.55. The number of nitro groups is 1. The summed E-state index contributed by atoms with van der Waals surface area (Å²) < 4.78 is 1.11. The van der Waals surface area contributed by atoms with Gasteiger partial charge in [0.1, 0.15) is 5.69 Å². The van der Waals surface area contributed by atoms with E-state index in [-0.39, 0.29) is 11.6 Å². The number of halogens is 1. The lowest BCUT2D eigenvalue weighted by Gasteiger charge is -2.08. The first kappa shape index (κ1) is 19.2. The number of rotatable bonds is 9. The number of hydrogen-bond donors (Lipinski definition) is 2. The van der Waals surface area contributed by atoms with E-state index in [1.54, 1.807) is 35.2 Å². The van der Waals surface area contributed by atoms with Crippen LogP contribution in [0.15, 0.2) is 34.1 Å². The van der Waals surface area contributed by atoms with Gasteiger partial charge >= 0.3 is 0 Å². The van der Waals surface area contributed by atoms with E-state index in [1.165, 1.54) is 10.9 Å². The smallest absolute Gasteiger partial charge is 0.293 e. The molecule has 1 saturated carbocycles. The van der Waals surface area contributed by atoms with Crippen LogP contribution in [0.5, 0.6) is 0 Å². The third-order valence-corrected chi connectivity index (χ3v) is 6.61. The molecule has 0 radical (unpaired) electrons. The fourth-order valence-electron chi connectivity index (χ4n) is 2.33. The third kappa shape index (κ3) is 5.46. The number of anilines is 1. The predicted octanol–water partition coefficient (Wildman–Crippen LogP) is 4.66. The molecule has 0 spiro atoms. The van der Waals surface area contributed by atoms with Crippen molar-refractivity contribution in [3.63, 3.8) is 0 Å². The summed E-state index contributed by atoms with van der Waals surface area (Å²) in [5.74, 6) is 1.40. The van der Waals surface area contributed by atoms with E-state index in [0.29, 0.717) is 23.8 Å². The van der Waals surface area contributed by atoms with Crippen molar-refractivity contribution in [3.8, 4) is 0 Å². The number of nitro benzene ring substituents is 1. The first-order chi connectivity index (χ1) is 12.5. The van der Waals surface area contributed by atoms with E-state index >= 15 is 0 Å². The minimum Gasteiger partial charge on any atom is -0.377 e. The largest absolute Gasteiger partial charge is 0.377 e. The first-order valence-electron chi connectivity index (χ1n) is 8.18. The maximum atomic E-state index is 12.2. The Hall–Kier alpha value is -1.58. The second-order valence-corrected chi connectivity index (χ2v) is 9.57. The van der Waals surface area contributed by atoms with Gasteiger partial charge in [-0.15, -0.1) is 11.3 Å². The van der Waals surface area contributed by atoms with E-state index in [1.807, 2.05) is 6.07 Å². The fraction of sp³-hybridized carbons (Fsp3) is 0.353. The molecule has 9 heteroatoms. The zero-order valence-electron chi connectivity index (χ0n) is 13.9. The molecule has 1 fully saturated rings. The highest BCUT2D eigenvalue weighted by molar-refractivity contribution is 9.11. The number of benzene rings is 1. The zero-order valence-corrected chi connectivity index (χ0v) is 17.1. The lowest BCUT2D eigenvalue weighted by atomic mass is 10.1. The minimum absolute atomic E-state index is 0.0535. The van der Waals surface area contributed by atoms with Gasteiger partial charge in [-0.05, 0) is 53.0 Å². The number of nitrogens with zero attached hydrogens (tertiary/aromatic N) is 1. The van der Waals surface area contributed by atoms with Crippen LogP contribution in [-0.2, 0) is 5.75 Å². The van der Waals surface area contributed by atoms with Gasteiger partial charge in [0.25, 0.3) is 11.6 Å². The third-order valence-electron chi connectivity index (χ3n) is 3.80. The molecule has 1 amide bonds. The van der Waals surface area contributed by atoms with Gasteiger partial charge in [0.05, 0.1) is 8.71 Å². The number of thiophene rings is 1. The number of carbonyl (C=O) groups is 1. The summed E-state index contributed by atoms with van der Waals surface area (Å²) in [6.45, 7) is 0.520. The van der Waals surface area contributed by atoms with Crippen LogP contribution in [0, 0.1) is 10.1 Å². The molecule has 3 rings (SSSR count). The molecular formula is C17H18BrN3O3S2. The molecule has 2 N–H and O–H groups in total. The van der Waals surface area contributed by atoms with Crippen molar-refractivity contribution in [3.05, 3.63) is 54.7 Å². The Bertz CT molecular complexity index is 808. The molecule has 0 bridgehead atoms. The van der Waals surface area contributed by atoms with Gasteiger partial charge in [0, 0.05) is 40.6 Å². The van der Waals surface area contributed by atoms with Gasteiger partial charge < -0.3 is 10.6 Å². The molecule has 1 aliphatic rings. The average molecular weight is 456 g/mol. The predicted molar refractivity (Wildman–Crippen MR) is 110 cm³/mol. The summed E-state index contributed by atoms with van der Waals surface area (Å²) >= 11 is 6.88. The van der Waals surface area contributed by atoms with E-state index in [2.05, 4.69) is 32.6 Å². The molecule has 0 atom stereocenters. The van der Waals surface area contributed by atoms with Crippen molar-refractivity contribution in [1.29, 1.82) is 0 Å². The number of nitrogens with one attached hydrogen (secondary N) is 2. The standard InChI is InChI=1S/C17H18BrN3O3S2/c18-16-6-4-13(26-16)10-25-8-7-19-17(22)11-1-5-14(20-12-2-3-12)15(9-11)21(23)24/h1,4-6,9,12,20H,2-3,7-8,10H2,(H,19,22). The topological polar surface area (TPSA) is 84.3 Å². The van der Waals surface area contributed by atoms with Crippen LogP contribution >= 0.6 is 39.0 Å². The maximum Gasteiger partial charge on any atom is 0.293 e. The van der Waals surface area contributed by atoms with Crippen molar-refractivity contribution in [2.45, 2.75) is 24.6 Å². The van der Waals surface area contributed by atoms with Crippen LogP contribution in [0.3, 0.4) is 0 Å². The monoisotopic (exact) mass is 455 g/mol. The Morgan fingerprint density at radius 2 is 2.15 bits per heavy atom. The van der Waals surface area contributed by atoms with Crippen LogP contribution < -0.4 is 10.6 Å². The van der Waals surface area contributed by atoms with Gasteiger partial charge in [-0.2, -0.15) is 11.8 Å². The summed E-state index contributed by atoms with van der Waals surface area (Å²) in [6, 6.07) is 9.01. The molecular weight excluding hydrogens is 438 g/mol. The molecule has 1 aromatic heterocycles. The number of carbonyl (C=O) groups excluding carboxylic acids is 1. The number of amides is 1. The van der Waals surface area contributed by atoms with E-state index in [9.17, 15) is 14.9 Å². The summed E-state index contributed by atoms with van der Waals surface area (Å²) in [7, 11) is 0. The second kappa shape index (κ2) is 8.88. The maximum absolute atomic E-state index is 12.2. The highest BCUT2D eigenvalue weighted by atomic mass is 79.9. The highest BCUT2D eigenvalue weighted by Crippen LogP contribution is 2.31. The van der Waals surface area contributed by atoms with Gasteiger partial charge in [-0.3, -0.25) is 14.9 Å². The van der Waals surface area contributed by atoms with E-state index in [0.717, 1.165) is 28.1 Å². The van der Waals surface area contributed by atoms with Crippen molar-refractivity contribution in [2.24, 2.45) is 0 Å². The SMILES string of the molecule is O=C(NCCSCc1ccc(Br)s1)c1ccc(NC2CC2)c([N+](=O)[O-])c1. The van der Waals surface area contributed by atoms with Crippen molar-refractivity contribution >= 4 is 56.3 Å². The molecule has 26 heavy (non-hydrogen) atoms. The average Bonchev–Trinajstić information content (AvgIpc) is 3.33. The van der Waals surface area contributed by atoms with E-state index < -0.39 is 4.92 Å². The number of hydrogen-bond acceptors (Lipinski definition) is 6. The van der Waals surface area contributed by atoms with Crippen molar-refractivity contribution in [2.75, 3.05) is 17.6 Å². The molecule has 1 aliphatic carbocycles. The van der Waals surface area contributed by atoms with Crippen LogP contribution in [0.4, 0.5) is 11.4 Å². The summed E-state index contributed by atoms with van der Waals surface area (Å²) in [4.78, 5) is 24.3.